The van der Waals surface area contributed by atoms with Gasteiger partial charge in [0.15, 0.2) is 17.5 Å². The molecule has 10 heteroatoms. The van der Waals surface area contributed by atoms with Crippen LogP contribution in [0.5, 0.6) is 0 Å². The van der Waals surface area contributed by atoms with E-state index in [1.807, 2.05) is 17.5 Å². The number of hydrogen-bond donors (Lipinski definition) is 2. The highest BCUT2D eigenvalue weighted by molar-refractivity contribution is 7.99. The molecular formula is C15H11F3N4OS2. The molecule has 2 N–H and O–H groups in total. The lowest BCUT2D eigenvalue weighted by Crippen LogP contribution is -2.16. The van der Waals surface area contributed by atoms with E-state index in [0.717, 1.165) is 28.8 Å². The first kappa shape index (κ1) is 17.5. The molecule has 130 valence electrons. The SMILES string of the molecule is O=C(CSc1n[nH]c(Cc2cccs2)n1)Nc1ccc(F)c(F)c1F. The van der Waals surface area contributed by atoms with Crippen LogP contribution in [-0.4, -0.2) is 26.8 Å². The van der Waals surface area contributed by atoms with E-state index in [1.165, 1.54) is 0 Å². The maximum atomic E-state index is 13.5. The Labute approximate surface area is 148 Å². The molecule has 2 aromatic heterocycles. The summed E-state index contributed by atoms with van der Waals surface area (Å²) in [5.74, 6) is -4.40. The molecule has 0 saturated carbocycles. The summed E-state index contributed by atoms with van der Waals surface area (Å²) < 4.78 is 39.5. The van der Waals surface area contributed by atoms with Gasteiger partial charge in [-0.05, 0) is 23.6 Å². The molecule has 3 aromatic rings. The van der Waals surface area contributed by atoms with Crippen LogP contribution >= 0.6 is 23.1 Å². The molecule has 5 nitrogen and oxygen atoms in total. The van der Waals surface area contributed by atoms with E-state index in [9.17, 15) is 18.0 Å². The largest absolute Gasteiger partial charge is 0.323 e. The van der Waals surface area contributed by atoms with Gasteiger partial charge in [-0.15, -0.1) is 16.4 Å². The standard InChI is InChI=1S/C15H11F3N4OS2/c16-9-3-4-10(14(18)13(9)17)19-12(23)7-25-15-20-11(21-22-15)6-8-2-1-5-24-8/h1-5H,6-7H2,(H,19,23)(H,20,21,22). The fourth-order valence-corrected chi connectivity index (χ4v) is 3.26. The minimum Gasteiger partial charge on any atom is -0.323 e. The molecule has 0 spiro atoms. The molecule has 0 atom stereocenters. The first-order valence-electron chi connectivity index (χ1n) is 7.02. The number of aromatic amines is 1. The Kier molecular flexibility index (Phi) is 5.39. The van der Waals surface area contributed by atoms with Crippen LogP contribution in [0, 0.1) is 17.5 Å². The second kappa shape index (κ2) is 7.70. The molecule has 1 aromatic carbocycles. The molecule has 0 radical (unpaired) electrons. The second-order valence-corrected chi connectivity index (χ2v) is 6.86. The van der Waals surface area contributed by atoms with Crippen molar-refractivity contribution in [2.75, 3.05) is 11.1 Å². The number of nitrogens with zero attached hydrogens (tertiary/aromatic N) is 2. The number of amides is 1. The van der Waals surface area contributed by atoms with Gasteiger partial charge >= 0.3 is 0 Å². The summed E-state index contributed by atoms with van der Waals surface area (Å²) in [5.41, 5.74) is -0.419. The van der Waals surface area contributed by atoms with Gasteiger partial charge in [-0.3, -0.25) is 9.89 Å². The smallest absolute Gasteiger partial charge is 0.234 e. The minimum absolute atomic E-state index is 0.102. The summed E-state index contributed by atoms with van der Waals surface area (Å²) in [6, 6.07) is 5.62. The van der Waals surface area contributed by atoms with Gasteiger partial charge in [-0.1, -0.05) is 17.8 Å². The maximum Gasteiger partial charge on any atom is 0.234 e. The molecule has 25 heavy (non-hydrogen) atoms. The number of anilines is 1. The van der Waals surface area contributed by atoms with Gasteiger partial charge in [0.05, 0.1) is 11.4 Å². The van der Waals surface area contributed by atoms with E-state index < -0.39 is 29.0 Å². The Morgan fingerprint density at radius 1 is 1.24 bits per heavy atom. The third kappa shape index (κ3) is 4.40. The second-order valence-electron chi connectivity index (χ2n) is 4.88. The number of hydrogen-bond acceptors (Lipinski definition) is 5. The van der Waals surface area contributed by atoms with Crippen LogP contribution in [-0.2, 0) is 11.2 Å². The van der Waals surface area contributed by atoms with Gasteiger partial charge in [0.2, 0.25) is 11.1 Å². The molecule has 2 heterocycles. The fourth-order valence-electron chi connectivity index (χ4n) is 1.94. The van der Waals surface area contributed by atoms with Crippen molar-refractivity contribution < 1.29 is 18.0 Å². The first-order valence-corrected chi connectivity index (χ1v) is 8.89. The molecule has 0 aliphatic heterocycles. The van der Waals surface area contributed by atoms with E-state index >= 15 is 0 Å². The Morgan fingerprint density at radius 2 is 2.08 bits per heavy atom. The number of carbonyl (C=O) groups is 1. The van der Waals surface area contributed by atoms with E-state index in [2.05, 4.69) is 20.5 Å². The highest BCUT2D eigenvalue weighted by atomic mass is 32.2. The zero-order valence-electron chi connectivity index (χ0n) is 12.6. The number of carbonyl (C=O) groups excluding carboxylic acids is 1. The molecule has 0 fully saturated rings. The zero-order valence-corrected chi connectivity index (χ0v) is 14.2. The number of aromatic nitrogens is 3. The highest BCUT2D eigenvalue weighted by Gasteiger charge is 2.16. The Hall–Kier alpha value is -2.33. The number of thiophene rings is 1. The summed E-state index contributed by atoms with van der Waals surface area (Å²) in [7, 11) is 0. The van der Waals surface area contributed by atoms with Crippen molar-refractivity contribution in [1.29, 1.82) is 0 Å². The molecule has 3 rings (SSSR count). The number of rotatable bonds is 6. The highest BCUT2D eigenvalue weighted by Crippen LogP contribution is 2.21. The van der Waals surface area contributed by atoms with E-state index in [1.54, 1.807) is 11.3 Å². The van der Waals surface area contributed by atoms with Crippen molar-refractivity contribution in [1.82, 2.24) is 15.2 Å². The quantitative estimate of drug-likeness (QED) is 0.503. The van der Waals surface area contributed by atoms with Crippen molar-refractivity contribution >= 4 is 34.7 Å². The Bertz CT molecular complexity index is 883. The third-order valence-corrected chi connectivity index (χ3v) is 4.80. The van der Waals surface area contributed by atoms with Crippen LogP contribution in [0.15, 0.2) is 34.8 Å². The van der Waals surface area contributed by atoms with E-state index in [4.69, 9.17) is 0 Å². The number of benzene rings is 1. The van der Waals surface area contributed by atoms with E-state index in [-0.39, 0.29) is 5.75 Å². The molecule has 0 aliphatic carbocycles. The predicted molar refractivity (Wildman–Crippen MR) is 89.2 cm³/mol. The third-order valence-electron chi connectivity index (χ3n) is 3.07. The monoisotopic (exact) mass is 384 g/mol. The van der Waals surface area contributed by atoms with Crippen LogP contribution in [0.4, 0.5) is 18.9 Å². The van der Waals surface area contributed by atoms with Crippen molar-refractivity contribution in [3.63, 3.8) is 0 Å². The Balaban J connectivity index is 1.54. The van der Waals surface area contributed by atoms with Crippen molar-refractivity contribution in [2.24, 2.45) is 0 Å². The number of halogens is 3. The summed E-state index contributed by atoms with van der Waals surface area (Å²) in [5, 5.41) is 11.3. The average Bonchev–Trinajstić information content (AvgIpc) is 3.26. The van der Waals surface area contributed by atoms with Gasteiger partial charge in [0.1, 0.15) is 5.82 Å². The minimum atomic E-state index is -1.63. The van der Waals surface area contributed by atoms with Gasteiger partial charge in [-0.25, -0.2) is 18.2 Å². The van der Waals surface area contributed by atoms with Crippen LogP contribution in [0.2, 0.25) is 0 Å². The number of H-pyrrole nitrogens is 1. The summed E-state index contributed by atoms with van der Waals surface area (Å²) >= 11 is 2.64. The summed E-state index contributed by atoms with van der Waals surface area (Å²) in [6.07, 6.45) is 0.609. The molecule has 0 saturated heterocycles. The van der Waals surface area contributed by atoms with Gasteiger partial charge in [0, 0.05) is 11.3 Å². The van der Waals surface area contributed by atoms with Crippen molar-refractivity contribution in [3.05, 3.63) is 57.8 Å². The number of thioether (sulfide) groups is 1. The topological polar surface area (TPSA) is 70.7 Å². The average molecular weight is 384 g/mol. The van der Waals surface area contributed by atoms with Gasteiger partial charge in [-0.2, -0.15) is 0 Å². The van der Waals surface area contributed by atoms with Crippen LogP contribution < -0.4 is 5.32 Å². The van der Waals surface area contributed by atoms with Crippen LogP contribution in [0.3, 0.4) is 0 Å². The Morgan fingerprint density at radius 3 is 2.84 bits per heavy atom. The normalized spacial score (nSPS) is 10.8. The maximum absolute atomic E-state index is 13.5. The lowest BCUT2D eigenvalue weighted by Gasteiger charge is -2.06. The van der Waals surface area contributed by atoms with Crippen LogP contribution in [0.1, 0.15) is 10.7 Å². The molecule has 0 unspecified atom stereocenters. The lowest BCUT2D eigenvalue weighted by molar-refractivity contribution is -0.113. The van der Waals surface area contributed by atoms with Crippen LogP contribution in [0.25, 0.3) is 0 Å². The lowest BCUT2D eigenvalue weighted by atomic mass is 10.3. The summed E-state index contributed by atoms with van der Waals surface area (Å²) in [4.78, 5) is 17.2. The number of nitrogens with one attached hydrogen (secondary N) is 2. The first-order chi connectivity index (χ1) is 12.0. The van der Waals surface area contributed by atoms with E-state index in [0.29, 0.717) is 17.4 Å². The van der Waals surface area contributed by atoms with Crippen molar-refractivity contribution in [2.45, 2.75) is 11.6 Å². The van der Waals surface area contributed by atoms with Crippen molar-refractivity contribution in [3.8, 4) is 0 Å². The van der Waals surface area contributed by atoms with Gasteiger partial charge < -0.3 is 5.32 Å². The molecule has 0 aliphatic rings. The molecular weight excluding hydrogens is 373 g/mol. The zero-order chi connectivity index (χ0) is 17.8. The summed E-state index contributed by atoms with van der Waals surface area (Å²) in [6.45, 7) is 0. The fraction of sp³-hybridized carbons (Fsp3) is 0.133. The molecule has 0 bridgehead atoms. The predicted octanol–water partition coefficient (Wildman–Crippen LogP) is 3.61. The molecule has 1 amide bonds. The van der Waals surface area contributed by atoms with Gasteiger partial charge in [0.25, 0.3) is 0 Å².